The van der Waals surface area contributed by atoms with Crippen LogP contribution < -0.4 is 14.8 Å². The molecule has 2 aromatic rings. The lowest BCUT2D eigenvalue weighted by Gasteiger charge is -2.27. The van der Waals surface area contributed by atoms with Crippen LogP contribution in [0, 0.1) is 0 Å². The van der Waals surface area contributed by atoms with Gasteiger partial charge in [0.1, 0.15) is 23.4 Å². The molecule has 1 fully saturated rings. The van der Waals surface area contributed by atoms with Gasteiger partial charge in [0.05, 0.1) is 10.1 Å². The van der Waals surface area contributed by atoms with Crippen LogP contribution in [0.15, 0.2) is 46.9 Å². The number of aliphatic hydroxyl groups is 1. The van der Waals surface area contributed by atoms with Crippen LogP contribution in [0.3, 0.4) is 0 Å². The van der Waals surface area contributed by atoms with Gasteiger partial charge in [-0.25, -0.2) is 0 Å². The first-order valence-electron chi connectivity index (χ1n) is 7.59. The smallest absolute Gasteiger partial charge is 0.141 e. The lowest BCUT2D eigenvalue weighted by molar-refractivity contribution is 0.0785. The Morgan fingerprint density at radius 2 is 1.74 bits per heavy atom. The SMILES string of the molecule is CC(C)(O)c1ccc(Oc2ccc(OC3CNC3)cc2)c(Br)c1. The van der Waals surface area contributed by atoms with Crippen molar-refractivity contribution in [2.45, 2.75) is 25.6 Å². The van der Waals surface area contributed by atoms with Gasteiger partial charge in [0.15, 0.2) is 0 Å². The topological polar surface area (TPSA) is 50.7 Å². The van der Waals surface area contributed by atoms with Gasteiger partial charge >= 0.3 is 0 Å². The summed E-state index contributed by atoms with van der Waals surface area (Å²) >= 11 is 3.49. The van der Waals surface area contributed by atoms with E-state index in [9.17, 15) is 5.11 Å². The number of nitrogens with one attached hydrogen (secondary N) is 1. The van der Waals surface area contributed by atoms with E-state index >= 15 is 0 Å². The average molecular weight is 378 g/mol. The van der Waals surface area contributed by atoms with Gasteiger partial charge in [-0.3, -0.25) is 0 Å². The summed E-state index contributed by atoms with van der Waals surface area (Å²) in [6.07, 6.45) is 0.269. The molecule has 5 heteroatoms. The van der Waals surface area contributed by atoms with Crippen LogP contribution in [-0.2, 0) is 5.60 Å². The van der Waals surface area contributed by atoms with Crippen LogP contribution in [0.5, 0.6) is 17.2 Å². The highest BCUT2D eigenvalue weighted by Crippen LogP contribution is 2.34. The number of halogens is 1. The Morgan fingerprint density at radius 1 is 1.09 bits per heavy atom. The quantitative estimate of drug-likeness (QED) is 0.831. The molecule has 1 aliphatic heterocycles. The zero-order chi connectivity index (χ0) is 16.4. The molecule has 0 aliphatic carbocycles. The van der Waals surface area contributed by atoms with E-state index in [1.54, 1.807) is 13.8 Å². The van der Waals surface area contributed by atoms with E-state index in [-0.39, 0.29) is 6.10 Å². The molecule has 1 heterocycles. The first kappa shape index (κ1) is 16.3. The van der Waals surface area contributed by atoms with Crippen LogP contribution in [0.1, 0.15) is 19.4 Å². The zero-order valence-corrected chi connectivity index (χ0v) is 14.8. The lowest BCUT2D eigenvalue weighted by Crippen LogP contribution is -2.50. The van der Waals surface area contributed by atoms with Crippen LogP contribution in [0.25, 0.3) is 0 Å². The molecule has 0 unspecified atom stereocenters. The molecule has 0 atom stereocenters. The average Bonchev–Trinajstić information content (AvgIpc) is 2.45. The van der Waals surface area contributed by atoms with Gasteiger partial charge in [-0.2, -0.15) is 0 Å². The molecule has 0 amide bonds. The van der Waals surface area contributed by atoms with Gasteiger partial charge in [-0.1, -0.05) is 6.07 Å². The Labute approximate surface area is 144 Å². The second kappa shape index (κ2) is 6.51. The molecule has 0 spiro atoms. The van der Waals surface area contributed by atoms with Crippen LogP contribution in [0.2, 0.25) is 0 Å². The highest BCUT2D eigenvalue weighted by atomic mass is 79.9. The summed E-state index contributed by atoms with van der Waals surface area (Å²) in [5.74, 6) is 2.29. The van der Waals surface area contributed by atoms with Crippen molar-refractivity contribution in [1.29, 1.82) is 0 Å². The molecule has 0 bridgehead atoms. The minimum absolute atomic E-state index is 0.269. The second-order valence-corrected chi connectivity index (χ2v) is 7.03. The Kier molecular flexibility index (Phi) is 4.62. The monoisotopic (exact) mass is 377 g/mol. The number of benzene rings is 2. The third-order valence-corrected chi connectivity index (χ3v) is 4.36. The maximum Gasteiger partial charge on any atom is 0.141 e. The van der Waals surface area contributed by atoms with Gasteiger partial charge in [-0.05, 0) is 71.7 Å². The summed E-state index contributed by atoms with van der Waals surface area (Å²) < 4.78 is 12.5. The third kappa shape index (κ3) is 4.05. The van der Waals surface area contributed by atoms with E-state index in [0.29, 0.717) is 5.75 Å². The standard InChI is InChI=1S/C18H20BrNO3/c1-18(2,21)12-3-8-17(16(19)9-12)23-14-6-4-13(5-7-14)22-15-10-20-11-15/h3-9,15,20-21H,10-11H2,1-2H3. The van der Waals surface area contributed by atoms with Gasteiger partial charge in [-0.15, -0.1) is 0 Å². The maximum absolute atomic E-state index is 10.0. The van der Waals surface area contributed by atoms with Crippen LogP contribution >= 0.6 is 15.9 Å². The fourth-order valence-corrected chi connectivity index (χ4v) is 2.68. The molecule has 23 heavy (non-hydrogen) atoms. The van der Waals surface area contributed by atoms with Crippen molar-refractivity contribution in [3.8, 4) is 17.2 Å². The Morgan fingerprint density at radius 3 is 2.26 bits per heavy atom. The summed E-state index contributed by atoms with van der Waals surface area (Å²) in [6, 6.07) is 13.2. The molecule has 1 aliphatic rings. The summed E-state index contributed by atoms with van der Waals surface area (Å²) in [7, 11) is 0. The van der Waals surface area contributed by atoms with E-state index in [4.69, 9.17) is 9.47 Å². The summed E-state index contributed by atoms with van der Waals surface area (Å²) in [5.41, 5.74) is -0.0502. The number of hydrogen-bond donors (Lipinski definition) is 2. The Bertz CT molecular complexity index is 676. The molecule has 2 N–H and O–H groups in total. The molecular formula is C18H20BrNO3. The lowest BCUT2D eigenvalue weighted by atomic mass is 9.99. The van der Waals surface area contributed by atoms with Crippen molar-refractivity contribution in [3.63, 3.8) is 0 Å². The van der Waals surface area contributed by atoms with Gasteiger partial charge in [0.2, 0.25) is 0 Å². The first-order chi connectivity index (χ1) is 10.9. The van der Waals surface area contributed by atoms with Crippen molar-refractivity contribution in [2.24, 2.45) is 0 Å². The molecule has 3 rings (SSSR count). The van der Waals surface area contributed by atoms with Gasteiger partial charge in [0, 0.05) is 13.1 Å². The summed E-state index contributed by atoms with van der Waals surface area (Å²) in [4.78, 5) is 0. The fraction of sp³-hybridized carbons (Fsp3) is 0.333. The predicted octanol–water partition coefficient (Wildman–Crippen LogP) is 3.82. The molecule has 0 aromatic heterocycles. The van der Waals surface area contributed by atoms with Gasteiger partial charge < -0.3 is 19.9 Å². The van der Waals surface area contributed by atoms with Crippen molar-refractivity contribution >= 4 is 15.9 Å². The van der Waals surface area contributed by atoms with Crippen molar-refractivity contribution < 1.29 is 14.6 Å². The third-order valence-electron chi connectivity index (χ3n) is 3.74. The highest BCUT2D eigenvalue weighted by Gasteiger charge is 2.19. The largest absolute Gasteiger partial charge is 0.488 e. The van der Waals surface area contributed by atoms with E-state index in [1.165, 1.54) is 0 Å². The summed E-state index contributed by atoms with van der Waals surface area (Å²) in [6.45, 7) is 5.31. The van der Waals surface area contributed by atoms with Crippen molar-refractivity contribution in [1.82, 2.24) is 5.32 Å². The minimum atomic E-state index is -0.879. The van der Waals surface area contributed by atoms with E-state index in [2.05, 4.69) is 21.2 Å². The molecular weight excluding hydrogens is 358 g/mol. The van der Waals surface area contributed by atoms with Crippen molar-refractivity contribution in [2.75, 3.05) is 13.1 Å². The fourth-order valence-electron chi connectivity index (χ4n) is 2.22. The van der Waals surface area contributed by atoms with E-state index in [1.807, 2.05) is 42.5 Å². The maximum atomic E-state index is 10.0. The molecule has 4 nitrogen and oxygen atoms in total. The molecule has 1 saturated heterocycles. The van der Waals surface area contributed by atoms with Crippen molar-refractivity contribution in [3.05, 3.63) is 52.5 Å². The Balaban J connectivity index is 1.69. The Hall–Kier alpha value is -1.56. The number of rotatable bonds is 5. The zero-order valence-electron chi connectivity index (χ0n) is 13.2. The van der Waals surface area contributed by atoms with Crippen LogP contribution in [0.4, 0.5) is 0 Å². The molecule has 122 valence electrons. The molecule has 2 aromatic carbocycles. The molecule has 0 radical (unpaired) electrons. The predicted molar refractivity (Wildman–Crippen MR) is 93.2 cm³/mol. The van der Waals surface area contributed by atoms with E-state index < -0.39 is 5.60 Å². The number of ether oxygens (including phenoxy) is 2. The second-order valence-electron chi connectivity index (χ2n) is 6.18. The summed E-state index contributed by atoms with van der Waals surface area (Å²) in [5, 5.41) is 13.2. The minimum Gasteiger partial charge on any atom is -0.488 e. The van der Waals surface area contributed by atoms with E-state index in [0.717, 1.165) is 34.6 Å². The first-order valence-corrected chi connectivity index (χ1v) is 8.39. The van der Waals surface area contributed by atoms with Gasteiger partial charge in [0.25, 0.3) is 0 Å². The molecule has 0 saturated carbocycles. The number of hydrogen-bond acceptors (Lipinski definition) is 4. The highest BCUT2D eigenvalue weighted by molar-refractivity contribution is 9.10. The van der Waals surface area contributed by atoms with Crippen LogP contribution in [-0.4, -0.2) is 24.3 Å². The normalized spacial score (nSPS) is 15.1.